The molecule has 0 amide bonds. The smallest absolute Gasteiger partial charge is 0.124 e. The summed E-state index contributed by atoms with van der Waals surface area (Å²) in [7, 11) is 0. The van der Waals surface area contributed by atoms with Gasteiger partial charge in [-0.05, 0) is 31.1 Å². The fraction of sp³-hybridized carbons (Fsp3) is 0.750. The van der Waals surface area contributed by atoms with Crippen molar-refractivity contribution in [3.8, 4) is 0 Å². The molecule has 0 aromatic carbocycles. The quantitative estimate of drug-likeness (QED) is 0.830. The molecule has 0 saturated heterocycles. The normalized spacial score (nSPS) is 21.7. The van der Waals surface area contributed by atoms with Crippen LogP contribution in [0.25, 0.3) is 0 Å². The van der Waals surface area contributed by atoms with E-state index in [1.165, 1.54) is 25.7 Å². The van der Waals surface area contributed by atoms with E-state index >= 15 is 0 Å². The van der Waals surface area contributed by atoms with Gasteiger partial charge in [-0.2, -0.15) is 0 Å². The van der Waals surface area contributed by atoms with Gasteiger partial charge in [-0.25, -0.2) is 0 Å². The number of hydrogen-bond acceptors (Lipinski definition) is 3. The zero-order valence-corrected chi connectivity index (χ0v) is 9.62. The van der Waals surface area contributed by atoms with Gasteiger partial charge >= 0.3 is 0 Å². The van der Waals surface area contributed by atoms with Crippen LogP contribution in [0.15, 0.2) is 16.9 Å². The zero-order valence-electron chi connectivity index (χ0n) is 9.62. The van der Waals surface area contributed by atoms with Crippen LogP contribution in [-0.2, 0) is 6.54 Å². The Kier molecular flexibility index (Phi) is 3.10. The Bertz CT molecular complexity index is 283. The molecule has 1 aliphatic carbocycles. The molecule has 1 heterocycles. The monoisotopic (exact) mass is 208 g/mol. The SMILES string of the molecule is CC1(C)CCC(NCc2ccon2)CC1. The highest BCUT2D eigenvalue weighted by atomic mass is 16.5. The van der Waals surface area contributed by atoms with E-state index in [-0.39, 0.29) is 0 Å². The Hall–Kier alpha value is -0.830. The average Bonchev–Trinajstić information content (AvgIpc) is 2.69. The Morgan fingerprint density at radius 3 is 2.80 bits per heavy atom. The van der Waals surface area contributed by atoms with Crippen LogP contribution in [0.5, 0.6) is 0 Å². The third kappa shape index (κ3) is 3.06. The summed E-state index contributed by atoms with van der Waals surface area (Å²) < 4.78 is 4.80. The molecule has 0 bridgehead atoms. The molecule has 1 saturated carbocycles. The van der Waals surface area contributed by atoms with Crippen LogP contribution in [-0.4, -0.2) is 11.2 Å². The molecule has 1 fully saturated rings. The summed E-state index contributed by atoms with van der Waals surface area (Å²) in [4.78, 5) is 0. The molecule has 0 radical (unpaired) electrons. The van der Waals surface area contributed by atoms with Crippen molar-refractivity contribution in [2.75, 3.05) is 0 Å². The average molecular weight is 208 g/mol. The molecule has 3 heteroatoms. The van der Waals surface area contributed by atoms with Crippen LogP contribution < -0.4 is 5.32 Å². The van der Waals surface area contributed by atoms with Gasteiger partial charge in [0.25, 0.3) is 0 Å². The van der Waals surface area contributed by atoms with Crippen molar-refractivity contribution in [2.45, 2.75) is 52.1 Å². The van der Waals surface area contributed by atoms with E-state index in [0.717, 1.165) is 12.2 Å². The van der Waals surface area contributed by atoms with Gasteiger partial charge in [0, 0.05) is 18.7 Å². The second kappa shape index (κ2) is 4.35. The second-order valence-electron chi connectivity index (χ2n) is 5.31. The van der Waals surface area contributed by atoms with Crippen LogP contribution in [0.4, 0.5) is 0 Å². The topological polar surface area (TPSA) is 38.1 Å². The van der Waals surface area contributed by atoms with Crippen molar-refractivity contribution in [1.82, 2.24) is 10.5 Å². The maximum Gasteiger partial charge on any atom is 0.124 e. The van der Waals surface area contributed by atoms with Crippen LogP contribution in [0.2, 0.25) is 0 Å². The summed E-state index contributed by atoms with van der Waals surface area (Å²) in [6, 6.07) is 2.58. The van der Waals surface area contributed by atoms with Crippen molar-refractivity contribution in [1.29, 1.82) is 0 Å². The van der Waals surface area contributed by atoms with E-state index in [2.05, 4.69) is 24.3 Å². The number of aromatic nitrogens is 1. The summed E-state index contributed by atoms with van der Waals surface area (Å²) in [5.41, 5.74) is 1.55. The summed E-state index contributed by atoms with van der Waals surface area (Å²) in [6.45, 7) is 5.56. The summed E-state index contributed by atoms with van der Waals surface area (Å²) in [5.74, 6) is 0. The van der Waals surface area contributed by atoms with Gasteiger partial charge in [0.1, 0.15) is 6.26 Å². The molecular formula is C12H20N2O. The van der Waals surface area contributed by atoms with Gasteiger partial charge in [-0.15, -0.1) is 0 Å². The first kappa shape index (κ1) is 10.7. The minimum absolute atomic E-state index is 0.548. The predicted molar refractivity (Wildman–Crippen MR) is 59.4 cm³/mol. The van der Waals surface area contributed by atoms with Gasteiger partial charge < -0.3 is 9.84 Å². The van der Waals surface area contributed by atoms with E-state index in [1.807, 2.05) is 6.07 Å². The minimum atomic E-state index is 0.548. The highest BCUT2D eigenvalue weighted by Gasteiger charge is 2.26. The first-order chi connectivity index (χ1) is 7.16. The Morgan fingerprint density at radius 1 is 1.47 bits per heavy atom. The molecule has 0 spiro atoms. The number of nitrogens with zero attached hydrogens (tertiary/aromatic N) is 1. The molecular weight excluding hydrogens is 188 g/mol. The molecule has 84 valence electrons. The van der Waals surface area contributed by atoms with E-state index in [0.29, 0.717) is 11.5 Å². The van der Waals surface area contributed by atoms with Crippen molar-refractivity contribution in [3.05, 3.63) is 18.0 Å². The van der Waals surface area contributed by atoms with E-state index in [4.69, 9.17) is 4.52 Å². The largest absolute Gasteiger partial charge is 0.364 e. The van der Waals surface area contributed by atoms with Gasteiger partial charge in [0.15, 0.2) is 0 Å². The number of rotatable bonds is 3. The van der Waals surface area contributed by atoms with Crippen molar-refractivity contribution in [2.24, 2.45) is 5.41 Å². The molecule has 1 aromatic heterocycles. The maximum atomic E-state index is 4.80. The fourth-order valence-electron chi connectivity index (χ4n) is 2.18. The fourth-order valence-corrected chi connectivity index (χ4v) is 2.18. The van der Waals surface area contributed by atoms with E-state index in [9.17, 15) is 0 Å². The molecule has 1 aromatic rings. The summed E-state index contributed by atoms with van der Waals surface area (Å²) in [6.07, 6.45) is 6.84. The van der Waals surface area contributed by atoms with Gasteiger partial charge in [-0.3, -0.25) is 0 Å². The molecule has 3 nitrogen and oxygen atoms in total. The third-order valence-electron chi connectivity index (χ3n) is 3.40. The standard InChI is InChI=1S/C12H20N2O/c1-12(2)6-3-10(4-7-12)13-9-11-5-8-15-14-11/h5,8,10,13H,3-4,6-7,9H2,1-2H3. The summed E-state index contributed by atoms with van der Waals surface area (Å²) in [5, 5.41) is 7.43. The Balaban J connectivity index is 1.73. The zero-order chi connectivity index (χ0) is 10.7. The summed E-state index contributed by atoms with van der Waals surface area (Å²) >= 11 is 0. The lowest BCUT2D eigenvalue weighted by molar-refractivity contribution is 0.205. The van der Waals surface area contributed by atoms with Gasteiger partial charge in [0.05, 0.1) is 5.69 Å². The molecule has 15 heavy (non-hydrogen) atoms. The minimum Gasteiger partial charge on any atom is -0.364 e. The maximum absolute atomic E-state index is 4.80. The van der Waals surface area contributed by atoms with Crippen molar-refractivity contribution in [3.63, 3.8) is 0 Å². The predicted octanol–water partition coefficient (Wildman–Crippen LogP) is 2.73. The molecule has 1 N–H and O–H groups in total. The molecule has 0 unspecified atom stereocenters. The molecule has 0 aliphatic heterocycles. The second-order valence-corrected chi connectivity index (χ2v) is 5.31. The first-order valence-electron chi connectivity index (χ1n) is 5.78. The van der Waals surface area contributed by atoms with Crippen molar-refractivity contribution < 1.29 is 4.52 Å². The van der Waals surface area contributed by atoms with E-state index in [1.54, 1.807) is 6.26 Å². The first-order valence-corrected chi connectivity index (χ1v) is 5.78. The Morgan fingerprint density at radius 2 is 2.20 bits per heavy atom. The number of hydrogen-bond donors (Lipinski definition) is 1. The molecule has 1 aliphatic rings. The molecule has 0 atom stereocenters. The van der Waals surface area contributed by atoms with Crippen LogP contribution in [0.3, 0.4) is 0 Å². The lowest BCUT2D eigenvalue weighted by Gasteiger charge is -2.34. The Labute approximate surface area is 91.2 Å². The highest BCUT2D eigenvalue weighted by Crippen LogP contribution is 2.34. The lowest BCUT2D eigenvalue weighted by atomic mass is 9.75. The van der Waals surface area contributed by atoms with E-state index < -0.39 is 0 Å². The van der Waals surface area contributed by atoms with Crippen molar-refractivity contribution >= 4 is 0 Å². The van der Waals surface area contributed by atoms with Crippen LogP contribution >= 0.6 is 0 Å². The highest BCUT2D eigenvalue weighted by molar-refractivity contribution is 4.95. The number of nitrogens with one attached hydrogen (secondary N) is 1. The lowest BCUT2D eigenvalue weighted by Crippen LogP contribution is -2.35. The molecule has 2 rings (SSSR count). The van der Waals surface area contributed by atoms with Gasteiger partial charge in [-0.1, -0.05) is 19.0 Å². The third-order valence-corrected chi connectivity index (χ3v) is 3.40. The van der Waals surface area contributed by atoms with Crippen LogP contribution in [0.1, 0.15) is 45.2 Å². The van der Waals surface area contributed by atoms with Gasteiger partial charge in [0.2, 0.25) is 0 Å². The van der Waals surface area contributed by atoms with Crippen LogP contribution in [0, 0.1) is 5.41 Å².